The third-order valence-electron chi connectivity index (χ3n) is 2.95. The van der Waals surface area contributed by atoms with Crippen LogP contribution in [0.2, 0.25) is 0 Å². The van der Waals surface area contributed by atoms with Gasteiger partial charge in [0, 0.05) is 13.0 Å². The predicted molar refractivity (Wildman–Crippen MR) is 54.1 cm³/mol. The molecule has 0 aliphatic carbocycles. The number of halogens is 3. The highest BCUT2D eigenvalue weighted by Crippen LogP contribution is 2.44. The molecular weight excluding hydrogens is 216 g/mol. The van der Waals surface area contributed by atoms with Crippen molar-refractivity contribution in [3.63, 3.8) is 0 Å². The van der Waals surface area contributed by atoms with Gasteiger partial charge in [-0.05, 0) is 24.3 Å². The quantitative estimate of drug-likeness (QED) is 0.684. The largest absolute Gasteiger partial charge is 0.306 e. The first-order valence-electron chi connectivity index (χ1n) is 4.37. The molecule has 13 heavy (non-hydrogen) atoms. The standard InChI is InChI=1S/C8H13F2NS.ClH/c9-8(10)1-4-11-7(8)2-5-12-6-3-7;/h11H,1-6H2;1H. The molecule has 0 atom stereocenters. The van der Waals surface area contributed by atoms with Crippen LogP contribution < -0.4 is 5.32 Å². The second kappa shape index (κ2) is 3.91. The molecule has 0 unspecified atom stereocenters. The normalized spacial score (nSPS) is 30.0. The summed E-state index contributed by atoms with van der Waals surface area (Å²) in [6, 6.07) is 0. The topological polar surface area (TPSA) is 12.0 Å². The summed E-state index contributed by atoms with van der Waals surface area (Å²) in [5, 5.41) is 3.00. The summed E-state index contributed by atoms with van der Waals surface area (Å²) in [5.74, 6) is -0.709. The third-order valence-corrected chi connectivity index (χ3v) is 3.93. The lowest BCUT2D eigenvalue weighted by Gasteiger charge is -2.38. The first-order chi connectivity index (χ1) is 5.66. The maximum atomic E-state index is 13.4. The minimum Gasteiger partial charge on any atom is -0.306 e. The van der Waals surface area contributed by atoms with Gasteiger partial charge in [0.25, 0.3) is 5.92 Å². The number of alkyl halides is 2. The van der Waals surface area contributed by atoms with Crippen molar-refractivity contribution in [1.82, 2.24) is 5.32 Å². The molecule has 1 spiro atoms. The van der Waals surface area contributed by atoms with Crippen LogP contribution in [0.1, 0.15) is 19.3 Å². The van der Waals surface area contributed by atoms with Gasteiger partial charge in [-0.25, -0.2) is 8.78 Å². The average Bonchev–Trinajstić information content (AvgIpc) is 2.30. The van der Waals surface area contributed by atoms with Crippen LogP contribution in [-0.4, -0.2) is 29.5 Å². The Morgan fingerprint density at radius 3 is 2.15 bits per heavy atom. The summed E-state index contributed by atoms with van der Waals surface area (Å²) < 4.78 is 26.8. The fourth-order valence-electron chi connectivity index (χ4n) is 2.09. The van der Waals surface area contributed by atoms with Crippen LogP contribution in [0.15, 0.2) is 0 Å². The van der Waals surface area contributed by atoms with Crippen LogP contribution >= 0.6 is 24.2 Å². The predicted octanol–water partition coefficient (Wildman–Crippen LogP) is 2.30. The molecule has 78 valence electrons. The Hall–Kier alpha value is 0.460. The number of thioether (sulfide) groups is 1. The fraction of sp³-hybridized carbons (Fsp3) is 1.00. The summed E-state index contributed by atoms with van der Waals surface area (Å²) >= 11 is 1.78. The Kier molecular flexibility index (Phi) is 3.47. The zero-order valence-corrected chi connectivity index (χ0v) is 8.95. The average molecular weight is 230 g/mol. The van der Waals surface area contributed by atoms with E-state index in [0.29, 0.717) is 19.4 Å². The van der Waals surface area contributed by atoms with Gasteiger partial charge in [-0.15, -0.1) is 12.4 Å². The van der Waals surface area contributed by atoms with E-state index < -0.39 is 11.5 Å². The summed E-state index contributed by atoms with van der Waals surface area (Å²) in [4.78, 5) is 0. The van der Waals surface area contributed by atoms with E-state index in [1.165, 1.54) is 0 Å². The molecule has 0 saturated carbocycles. The Bertz CT molecular complexity index is 183. The molecule has 2 heterocycles. The lowest BCUT2D eigenvalue weighted by Crippen LogP contribution is -2.54. The molecule has 2 fully saturated rings. The monoisotopic (exact) mass is 229 g/mol. The second-order valence-electron chi connectivity index (χ2n) is 3.58. The Labute approximate surface area is 87.4 Å². The molecule has 2 aliphatic heterocycles. The highest BCUT2D eigenvalue weighted by atomic mass is 35.5. The van der Waals surface area contributed by atoms with E-state index >= 15 is 0 Å². The van der Waals surface area contributed by atoms with Gasteiger partial charge in [0.1, 0.15) is 0 Å². The molecule has 0 radical (unpaired) electrons. The van der Waals surface area contributed by atoms with E-state index in [4.69, 9.17) is 0 Å². The molecular formula is C8H14ClF2NS. The molecule has 0 aromatic heterocycles. The van der Waals surface area contributed by atoms with Crippen molar-refractivity contribution in [3.05, 3.63) is 0 Å². The molecule has 0 aromatic rings. The first kappa shape index (κ1) is 11.5. The molecule has 0 bridgehead atoms. The van der Waals surface area contributed by atoms with Gasteiger partial charge >= 0.3 is 0 Å². The van der Waals surface area contributed by atoms with Gasteiger partial charge in [-0.3, -0.25) is 0 Å². The summed E-state index contributed by atoms with van der Waals surface area (Å²) in [6.45, 7) is 0.484. The molecule has 1 nitrogen and oxygen atoms in total. The van der Waals surface area contributed by atoms with Crippen molar-refractivity contribution in [2.45, 2.75) is 30.7 Å². The van der Waals surface area contributed by atoms with Gasteiger partial charge in [0.05, 0.1) is 5.54 Å². The van der Waals surface area contributed by atoms with Gasteiger partial charge in [-0.1, -0.05) is 0 Å². The summed E-state index contributed by atoms with van der Waals surface area (Å²) in [5.41, 5.74) is -0.835. The van der Waals surface area contributed by atoms with Crippen molar-refractivity contribution in [2.75, 3.05) is 18.1 Å². The van der Waals surface area contributed by atoms with E-state index in [0.717, 1.165) is 11.5 Å². The van der Waals surface area contributed by atoms with Crippen LogP contribution in [0.4, 0.5) is 8.78 Å². The van der Waals surface area contributed by atoms with E-state index in [2.05, 4.69) is 5.32 Å². The van der Waals surface area contributed by atoms with Crippen LogP contribution in [0.5, 0.6) is 0 Å². The highest BCUT2D eigenvalue weighted by Gasteiger charge is 2.56. The zero-order chi connectivity index (χ0) is 8.66. The SMILES string of the molecule is Cl.FC1(F)CCNC12CCSCC2. The van der Waals surface area contributed by atoms with Crippen LogP contribution in [-0.2, 0) is 0 Å². The Balaban J connectivity index is 0.000000845. The van der Waals surface area contributed by atoms with Crippen LogP contribution in [0, 0.1) is 0 Å². The molecule has 1 N–H and O–H groups in total. The Morgan fingerprint density at radius 2 is 1.69 bits per heavy atom. The van der Waals surface area contributed by atoms with Crippen molar-refractivity contribution in [1.29, 1.82) is 0 Å². The number of nitrogens with one attached hydrogen (secondary N) is 1. The molecule has 2 saturated heterocycles. The molecule has 2 aliphatic rings. The van der Waals surface area contributed by atoms with Gasteiger partial charge < -0.3 is 5.32 Å². The van der Waals surface area contributed by atoms with Crippen LogP contribution in [0.25, 0.3) is 0 Å². The molecule has 0 amide bonds. The fourth-order valence-corrected chi connectivity index (χ4v) is 3.28. The Morgan fingerprint density at radius 1 is 1.08 bits per heavy atom. The van der Waals surface area contributed by atoms with E-state index in [9.17, 15) is 8.78 Å². The molecule has 2 rings (SSSR count). The lowest BCUT2D eigenvalue weighted by atomic mass is 9.87. The van der Waals surface area contributed by atoms with Crippen molar-refractivity contribution in [2.24, 2.45) is 0 Å². The van der Waals surface area contributed by atoms with Gasteiger partial charge in [0.15, 0.2) is 0 Å². The zero-order valence-electron chi connectivity index (χ0n) is 7.32. The number of hydrogen-bond donors (Lipinski definition) is 1. The second-order valence-corrected chi connectivity index (χ2v) is 4.80. The van der Waals surface area contributed by atoms with Crippen molar-refractivity contribution >= 4 is 24.2 Å². The lowest BCUT2D eigenvalue weighted by molar-refractivity contribution is -0.0638. The van der Waals surface area contributed by atoms with E-state index in [1.807, 2.05) is 0 Å². The smallest absolute Gasteiger partial charge is 0.267 e. The maximum Gasteiger partial charge on any atom is 0.267 e. The molecule has 0 aromatic carbocycles. The van der Waals surface area contributed by atoms with Crippen molar-refractivity contribution < 1.29 is 8.78 Å². The van der Waals surface area contributed by atoms with Gasteiger partial charge in [-0.2, -0.15) is 11.8 Å². The van der Waals surface area contributed by atoms with Gasteiger partial charge in [0.2, 0.25) is 0 Å². The minimum absolute atomic E-state index is 0. The van der Waals surface area contributed by atoms with E-state index in [1.54, 1.807) is 11.8 Å². The minimum atomic E-state index is -2.46. The number of hydrogen-bond acceptors (Lipinski definition) is 2. The third kappa shape index (κ3) is 1.81. The maximum absolute atomic E-state index is 13.4. The highest BCUT2D eigenvalue weighted by molar-refractivity contribution is 7.99. The van der Waals surface area contributed by atoms with E-state index in [-0.39, 0.29) is 18.8 Å². The molecule has 5 heteroatoms. The summed E-state index contributed by atoms with van der Waals surface area (Å²) in [6.07, 6.45) is 1.28. The first-order valence-corrected chi connectivity index (χ1v) is 5.52. The van der Waals surface area contributed by atoms with Crippen molar-refractivity contribution in [3.8, 4) is 0 Å². The van der Waals surface area contributed by atoms with Crippen LogP contribution in [0.3, 0.4) is 0 Å². The summed E-state index contributed by atoms with van der Waals surface area (Å²) in [7, 11) is 0. The number of rotatable bonds is 0.